The lowest BCUT2D eigenvalue weighted by Gasteiger charge is -2.47. The first-order valence-electron chi connectivity index (χ1n) is 14.7. The molecule has 6 atom stereocenters. The van der Waals surface area contributed by atoms with Crippen molar-refractivity contribution in [2.45, 2.75) is 82.3 Å². The molecule has 6 rings (SSSR count). The number of piperidine rings is 2. The number of nitriles is 2. The number of allylic oxidation sites excluding steroid dienone is 1. The summed E-state index contributed by atoms with van der Waals surface area (Å²) in [5, 5.41) is 19.8. The van der Waals surface area contributed by atoms with Crippen molar-refractivity contribution in [3.8, 4) is 23.9 Å². The minimum atomic E-state index is 0.192. The fourth-order valence-corrected chi connectivity index (χ4v) is 5.85. The number of rotatable bonds is 6. The van der Waals surface area contributed by atoms with Crippen LogP contribution in [0.4, 0.5) is 0 Å². The minimum Gasteiger partial charge on any atom is -0.474 e. The Bertz CT molecular complexity index is 1170. The van der Waals surface area contributed by atoms with E-state index >= 15 is 0 Å². The molecule has 0 spiro atoms. The molecule has 4 aliphatic rings. The highest BCUT2D eigenvalue weighted by Crippen LogP contribution is 2.30. The fourth-order valence-electron chi connectivity index (χ4n) is 5.85. The predicted molar refractivity (Wildman–Crippen MR) is 158 cm³/mol. The zero-order chi connectivity index (χ0) is 29.7. The number of aromatic nitrogens is 2. The van der Waals surface area contributed by atoms with Crippen molar-refractivity contribution < 1.29 is 18.9 Å². The summed E-state index contributed by atoms with van der Waals surface area (Å²) in [6.07, 6.45) is 9.80. The van der Waals surface area contributed by atoms with Crippen molar-refractivity contribution >= 4 is 0 Å². The molecule has 4 aliphatic heterocycles. The van der Waals surface area contributed by atoms with Crippen LogP contribution in [0.3, 0.4) is 0 Å². The zero-order valence-electron chi connectivity index (χ0n) is 24.7. The lowest BCUT2D eigenvalue weighted by atomic mass is 9.91. The molecule has 4 bridgehead atoms. The lowest BCUT2D eigenvalue weighted by Crippen LogP contribution is -2.59. The average molecular weight is 575 g/mol. The number of hydrogen-bond donors (Lipinski definition) is 1. The number of nitrogens with zero attached hydrogens (tertiary/aromatic N) is 5. The molecule has 10 nitrogen and oxygen atoms in total. The van der Waals surface area contributed by atoms with Crippen LogP contribution in [0.2, 0.25) is 0 Å². The van der Waals surface area contributed by atoms with Crippen molar-refractivity contribution in [2.24, 2.45) is 0 Å². The molecule has 1 N–H and O–H groups in total. The van der Waals surface area contributed by atoms with E-state index in [0.717, 1.165) is 75.7 Å². The molecule has 2 aromatic rings. The van der Waals surface area contributed by atoms with Crippen LogP contribution < -0.4 is 14.8 Å². The molecule has 0 radical (unpaired) electrons. The Balaban J connectivity index is 0.000000174. The van der Waals surface area contributed by atoms with Crippen molar-refractivity contribution in [2.75, 3.05) is 33.0 Å². The van der Waals surface area contributed by atoms with E-state index in [0.29, 0.717) is 36.5 Å². The van der Waals surface area contributed by atoms with E-state index in [1.54, 1.807) is 6.07 Å². The molecule has 4 saturated heterocycles. The van der Waals surface area contributed by atoms with E-state index in [1.807, 2.05) is 50.5 Å². The van der Waals surface area contributed by atoms with Gasteiger partial charge in [0.15, 0.2) is 0 Å². The number of ether oxygens (including phenoxy) is 4. The zero-order valence-corrected chi connectivity index (χ0v) is 24.7. The number of nitrogens with one attached hydrogen (secondary N) is 1. The third-order valence-electron chi connectivity index (χ3n) is 7.75. The van der Waals surface area contributed by atoms with Gasteiger partial charge in [-0.15, -0.1) is 0 Å². The highest BCUT2D eigenvalue weighted by molar-refractivity contribution is 5.17. The minimum absolute atomic E-state index is 0.192. The van der Waals surface area contributed by atoms with Gasteiger partial charge in [-0.25, -0.2) is 9.97 Å². The SMILES string of the molecule is C=CC#N.Cc1ccc(OC2C[C@H]3COC[C@@H](C2)N3)nc1.Cc1ccc(OC2C[C@H]3COC[C@@H](C2)N3CCC#N)nc1. The van der Waals surface area contributed by atoms with E-state index in [-0.39, 0.29) is 12.2 Å². The van der Waals surface area contributed by atoms with Crippen molar-refractivity contribution in [3.05, 3.63) is 60.4 Å². The van der Waals surface area contributed by atoms with Gasteiger partial charge in [-0.3, -0.25) is 4.90 Å². The normalized spacial score (nSPS) is 27.8. The largest absolute Gasteiger partial charge is 0.474 e. The van der Waals surface area contributed by atoms with E-state index in [4.69, 9.17) is 29.5 Å². The summed E-state index contributed by atoms with van der Waals surface area (Å²) in [5.74, 6) is 1.44. The number of hydrogen-bond acceptors (Lipinski definition) is 10. The van der Waals surface area contributed by atoms with Crippen molar-refractivity contribution in [3.63, 3.8) is 0 Å². The first-order chi connectivity index (χ1) is 20.5. The van der Waals surface area contributed by atoms with Crippen LogP contribution in [-0.4, -0.2) is 84.2 Å². The summed E-state index contributed by atoms with van der Waals surface area (Å²) < 4.78 is 23.2. The van der Waals surface area contributed by atoms with E-state index in [2.05, 4.69) is 32.8 Å². The molecule has 10 heteroatoms. The molecule has 0 amide bonds. The second-order valence-electron chi connectivity index (χ2n) is 11.2. The second kappa shape index (κ2) is 16.2. The molecular weight excluding hydrogens is 532 g/mol. The van der Waals surface area contributed by atoms with Crippen molar-refractivity contribution in [1.29, 1.82) is 10.5 Å². The Morgan fingerprint density at radius 3 is 1.83 bits per heavy atom. The molecule has 224 valence electrons. The quantitative estimate of drug-likeness (QED) is 0.508. The van der Waals surface area contributed by atoms with Gasteiger partial charge in [0.1, 0.15) is 12.2 Å². The molecule has 2 aromatic heterocycles. The summed E-state index contributed by atoms with van der Waals surface area (Å²) >= 11 is 0. The van der Waals surface area contributed by atoms with E-state index < -0.39 is 0 Å². The van der Waals surface area contributed by atoms with E-state index in [9.17, 15) is 0 Å². The Kier molecular flexibility index (Phi) is 12.1. The van der Waals surface area contributed by atoms with Crippen LogP contribution in [0.1, 0.15) is 43.2 Å². The molecule has 42 heavy (non-hydrogen) atoms. The third kappa shape index (κ3) is 9.50. The highest BCUT2D eigenvalue weighted by Gasteiger charge is 2.39. The van der Waals surface area contributed by atoms with Gasteiger partial charge >= 0.3 is 0 Å². The van der Waals surface area contributed by atoms with Crippen LogP contribution in [-0.2, 0) is 9.47 Å². The molecule has 0 saturated carbocycles. The first kappa shape index (κ1) is 31.4. The van der Waals surface area contributed by atoms with Crippen LogP contribution >= 0.6 is 0 Å². The van der Waals surface area contributed by atoms with Gasteiger partial charge in [0.05, 0.1) is 38.6 Å². The summed E-state index contributed by atoms with van der Waals surface area (Å²) in [5.41, 5.74) is 2.30. The maximum absolute atomic E-state index is 8.79. The van der Waals surface area contributed by atoms with Gasteiger partial charge in [-0.05, 0) is 25.0 Å². The van der Waals surface area contributed by atoms with Crippen LogP contribution in [0.5, 0.6) is 11.8 Å². The van der Waals surface area contributed by atoms with Crippen LogP contribution in [0.25, 0.3) is 0 Å². The molecule has 6 heterocycles. The maximum Gasteiger partial charge on any atom is 0.213 e. The Labute approximate surface area is 249 Å². The number of morpholine rings is 2. The predicted octanol–water partition coefficient (Wildman–Crippen LogP) is 3.90. The molecule has 2 unspecified atom stereocenters. The van der Waals surface area contributed by atoms with Gasteiger partial charge in [0, 0.05) is 93.4 Å². The van der Waals surface area contributed by atoms with Gasteiger partial charge in [0.25, 0.3) is 0 Å². The van der Waals surface area contributed by atoms with Gasteiger partial charge < -0.3 is 24.3 Å². The van der Waals surface area contributed by atoms with Crippen molar-refractivity contribution in [1.82, 2.24) is 20.2 Å². The van der Waals surface area contributed by atoms with Crippen LogP contribution in [0, 0.1) is 36.5 Å². The second-order valence-corrected chi connectivity index (χ2v) is 11.2. The van der Waals surface area contributed by atoms with E-state index in [1.165, 1.54) is 6.08 Å². The third-order valence-corrected chi connectivity index (χ3v) is 7.75. The number of fused-ring (bicyclic) bond motifs is 4. The fraction of sp³-hybridized carbons (Fsp3) is 0.562. The number of aryl methyl sites for hydroxylation is 2. The van der Waals surface area contributed by atoms with Gasteiger partial charge in [0.2, 0.25) is 11.8 Å². The summed E-state index contributed by atoms with van der Waals surface area (Å²) in [7, 11) is 0. The van der Waals surface area contributed by atoms with Crippen LogP contribution in [0.15, 0.2) is 49.3 Å². The summed E-state index contributed by atoms with van der Waals surface area (Å²) in [4.78, 5) is 11.0. The topological polar surface area (TPSA) is 126 Å². The maximum atomic E-state index is 8.79. The lowest BCUT2D eigenvalue weighted by molar-refractivity contribution is -0.0991. The molecule has 4 fully saturated rings. The molecule has 0 aliphatic carbocycles. The van der Waals surface area contributed by atoms with Gasteiger partial charge in [-0.2, -0.15) is 10.5 Å². The highest BCUT2D eigenvalue weighted by atomic mass is 16.5. The monoisotopic (exact) mass is 574 g/mol. The number of pyridine rings is 2. The standard InChI is InChI=1S/C16H21N3O2.C13H18N2O2.C3H3N/c1-12-3-4-16(18-9-12)21-15-7-13-10-20-11-14(8-15)19(13)6-2-5-17;1-9-2-3-13(14-6-9)17-12-4-10-7-16-8-11(5-12)15-10;1-2-3-4/h3-4,9,13-15H,2,6-8,10-11H2,1H3;2-3,6,10-12,15H,4-5,7-8H2,1H3;2H,1H2/t13-,14+,15?;10-,11+,12?;. The first-order valence-corrected chi connectivity index (χ1v) is 14.7. The molecular formula is C32H42N6O4. The average Bonchev–Trinajstić information content (AvgIpc) is 2.99. The van der Waals surface area contributed by atoms with Gasteiger partial charge in [-0.1, -0.05) is 18.7 Å². The summed E-state index contributed by atoms with van der Waals surface area (Å²) in [6, 6.07) is 13.5. The summed E-state index contributed by atoms with van der Waals surface area (Å²) in [6.45, 7) is 11.1. The Morgan fingerprint density at radius 1 is 0.881 bits per heavy atom. The Hall–Kier alpha value is -3.54. The molecule has 0 aromatic carbocycles. The smallest absolute Gasteiger partial charge is 0.213 e. The Morgan fingerprint density at radius 2 is 1.38 bits per heavy atom.